The average molecular weight is 361 g/mol. The van der Waals surface area contributed by atoms with Crippen molar-refractivity contribution in [1.82, 2.24) is 0 Å². The third-order valence-electron chi connectivity index (χ3n) is 9.44. The molecule has 26 heavy (non-hydrogen) atoms. The van der Waals surface area contributed by atoms with Crippen molar-refractivity contribution in [2.24, 2.45) is 40.4 Å². The predicted octanol–water partition coefficient (Wildman–Crippen LogP) is 5.17. The Bertz CT molecular complexity index is 598. The molecular formula is C23H36O3. The van der Waals surface area contributed by atoms with Crippen LogP contribution >= 0.6 is 0 Å². The summed E-state index contributed by atoms with van der Waals surface area (Å²) in [6, 6.07) is 0. The molecule has 0 spiro atoms. The molecule has 0 radical (unpaired) electrons. The van der Waals surface area contributed by atoms with Gasteiger partial charge in [0.05, 0.1) is 0 Å². The molecule has 146 valence electrons. The lowest BCUT2D eigenvalue weighted by molar-refractivity contribution is -0.161. The summed E-state index contributed by atoms with van der Waals surface area (Å²) >= 11 is 0. The number of hydrogen-bond donors (Lipinski definition) is 0. The maximum Gasteiger partial charge on any atom is 0.302 e. The summed E-state index contributed by atoms with van der Waals surface area (Å²) in [5, 5.41) is 0. The maximum atomic E-state index is 12.2. The normalized spacial score (nSPS) is 50.3. The standard InChI is InChI=1S/C23H36O3/c1-14(24)19-7-8-20-18-6-5-16-13-17(26-15(2)25)9-11-22(16,3)21(18)10-12-23(19,20)4/h16-21H,5-13H2,1-4H3/t16-,17-,18+,19-,20+,21+,22-,23-/m1/s1. The van der Waals surface area contributed by atoms with Gasteiger partial charge < -0.3 is 4.74 Å². The molecule has 0 bridgehead atoms. The molecule has 0 aromatic carbocycles. The Balaban J connectivity index is 1.54. The molecule has 4 fully saturated rings. The quantitative estimate of drug-likeness (QED) is 0.638. The lowest BCUT2D eigenvalue weighted by Gasteiger charge is -2.61. The molecule has 0 aromatic rings. The predicted molar refractivity (Wildman–Crippen MR) is 101 cm³/mol. The fourth-order valence-corrected chi connectivity index (χ4v) is 8.23. The summed E-state index contributed by atoms with van der Waals surface area (Å²) in [4.78, 5) is 23.6. The van der Waals surface area contributed by atoms with Gasteiger partial charge in [0.2, 0.25) is 0 Å². The zero-order chi connectivity index (χ0) is 18.7. The van der Waals surface area contributed by atoms with E-state index in [0.29, 0.717) is 23.0 Å². The van der Waals surface area contributed by atoms with Gasteiger partial charge in [-0.05, 0) is 99.2 Å². The van der Waals surface area contributed by atoms with E-state index in [1.54, 1.807) is 0 Å². The van der Waals surface area contributed by atoms with Gasteiger partial charge in [0.1, 0.15) is 11.9 Å². The first-order valence-corrected chi connectivity index (χ1v) is 10.9. The summed E-state index contributed by atoms with van der Waals surface area (Å²) in [5.74, 6) is 3.68. The Morgan fingerprint density at radius 1 is 0.846 bits per heavy atom. The number of ether oxygens (including phenoxy) is 1. The van der Waals surface area contributed by atoms with Crippen molar-refractivity contribution in [2.75, 3.05) is 0 Å². The van der Waals surface area contributed by atoms with Gasteiger partial charge in [0.25, 0.3) is 0 Å². The minimum atomic E-state index is -0.123. The lowest BCUT2D eigenvalue weighted by Crippen LogP contribution is -2.54. The minimum Gasteiger partial charge on any atom is -0.463 e. The number of carbonyl (C=O) groups excluding carboxylic acids is 2. The highest BCUT2D eigenvalue weighted by molar-refractivity contribution is 5.79. The Morgan fingerprint density at radius 2 is 1.54 bits per heavy atom. The van der Waals surface area contributed by atoms with E-state index in [4.69, 9.17) is 4.74 Å². The molecule has 0 aromatic heterocycles. The Kier molecular flexibility index (Phi) is 4.51. The molecule has 0 heterocycles. The zero-order valence-electron chi connectivity index (χ0n) is 17.1. The van der Waals surface area contributed by atoms with Crippen LogP contribution in [-0.2, 0) is 14.3 Å². The monoisotopic (exact) mass is 360 g/mol. The van der Waals surface area contributed by atoms with E-state index in [0.717, 1.165) is 37.0 Å². The molecule has 0 aliphatic heterocycles. The number of rotatable bonds is 2. The first-order valence-electron chi connectivity index (χ1n) is 10.9. The zero-order valence-corrected chi connectivity index (χ0v) is 17.1. The highest BCUT2D eigenvalue weighted by Crippen LogP contribution is 2.67. The van der Waals surface area contributed by atoms with Gasteiger partial charge in [-0.15, -0.1) is 0 Å². The first-order chi connectivity index (χ1) is 12.3. The van der Waals surface area contributed by atoms with Gasteiger partial charge in [-0.3, -0.25) is 9.59 Å². The topological polar surface area (TPSA) is 43.4 Å². The number of hydrogen-bond acceptors (Lipinski definition) is 3. The van der Waals surface area contributed by atoms with Crippen molar-refractivity contribution in [3.05, 3.63) is 0 Å². The summed E-state index contributed by atoms with van der Waals surface area (Å²) in [6.07, 6.45) is 11.0. The van der Waals surface area contributed by atoms with E-state index in [1.807, 2.05) is 6.92 Å². The fraction of sp³-hybridized carbons (Fsp3) is 0.913. The second kappa shape index (κ2) is 6.34. The van der Waals surface area contributed by atoms with Gasteiger partial charge in [-0.1, -0.05) is 13.8 Å². The molecule has 0 unspecified atom stereocenters. The number of carbonyl (C=O) groups is 2. The van der Waals surface area contributed by atoms with Crippen LogP contribution in [0.2, 0.25) is 0 Å². The largest absolute Gasteiger partial charge is 0.463 e. The van der Waals surface area contributed by atoms with E-state index in [9.17, 15) is 9.59 Å². The van der Waals surface area contributed by atoms with Crippen LogP contribution in [0.4, 0.5) is 0 Å². The third-order valence-corrected chi connectivity index (χ3v) is 9.44. The highest BCUT2D eigenvalue weighted by atomic mass is 16.5. The Labute approximate surface area is 158 Å². The minimum absolute atomic E-state index is 0.123. The molecule has 4 saturated carbocycles. The van der Waals surface area contributed by atoms with E-state index in [1.165, 1.54) is 45.4 Å². The van der Waals surface area contributed by atoms with Crippen LogP contribution in [0, 0.1) is 40.4 Å². The van der Waals surface area contributed by atoms with E-state index in [2.05, 4.69) is 13.8 Å². The SMILES string of the molecule is CC(=O)O[C@@H]1CC[C@]2(C)[C@H](CC[C@@H]3[C@@H]2CC[C@]2(C)[C@@H](C(C)=O)CC[C@@H]32)C1. The van der Waals surface area contributed by atoms with E-state index in [-0.39, 0.29) is 17.5 Å². The molecular weight excluding hydrogens is 324 g/mol. The van der Waals surface area contributed by atoms with Crippen LogP contribution in [0.5, 0.6) is 0 Å². The van der Waals surface area contributed by atoms with Gasteiger partial charge in [-0.2, -0.15) is 0 Å². The summed E-state index contributed by atoms with van der Waals surface area (Å²) < 4.78 is 5.57. The molecule has 8 atom stereocenters. The fourth-order valence-electron chi connectivity index (χ4n) is 8.23. The van der Waals surface area contributed by atoms with Crippen LogP contribution < -0.4 is 0 Å². The van der Waals surface area contributed by atoms with Crippen LogP contribution in [0.25, 0.3) is 0 Å². The van der Waals surface area contributed by atoms with Crippen molar-refractivity contribution in [3.63, 3.8) is 0 Å². The molecule has 3 heteroatoms. The van der Waals surface area contributed by atoms with Crippen LogP contribution in [0.1, 0.15) is 85.5 Å². The molecule has 4 aliphatic rings. The second-order valence-corrected chi connectivity index (χ2v) is 10.4. The number of ketones is 1. The maximum absolute atomic E-state index is 12.2. The van der Waals surface area contributed by atoms with Gasteiger partial charge in [0.15, 0.2) is 0 Å². The van der Waals surface area contributed by atoms with Gasteiger partial charge in [0, 0.05) is 12.8 Å². The molecule has 3 nitrogen and oxygen atoms in total. The lowest BCUT2D eigenvalue weighted by atomic mass is 9.44. The summed E-state index contributed by atoms with van der Waals surface area (Å²) in [7, 11) is 0. The third kappa shape index (κ3) is 2.67. The smallest absolute Gasteiger partial charge is 0.302 e. The van der Waals surface area contributed by atoms with Crippen molar-refractivity contribution in [2.45, 2.75) is 91.6 Å². The van der Waals surface area contributed by atoms with E-state index >= 15 is 0 Å². The van der Waals surface area contributed by atoms with Crippen molar-refractivity contribution >= 4 is 11.8 Å². The average Bonchev–Trinajstić information content (AvgIpc) is 2.92. The van der Waals surface area contributed by atoms with Gasteiger partial charge in [-0.25, -0.2) is 0 Å². The van der Waals surface area contributed by atoms with Crippen molar-refractivity contribution in [1.29, 1.82) is 0 Å². The van der Waals surface area contributed by atoms with Crippen LogP contribution in [-0.4, -0.2) is 17.9 Å². The molecule has 4 aliphatic carbocycles. The molecule has 0 amide bonds. The second-order valence-electron chi connectivity index (χ2n) is 10.4. The number of Topliss-reactive ketones (excluding diaryl/α,β-unsaturated/α-hetero) is 1. The first kappa shape index (κ1) is 18.5. The number of fused-ring (bicyclic) bond motifs is 5. The van der Waals surface area contributed by atoms with E-state index < -0.39 is 0 Å². The Morgan fingerprint density at radius 3 is 2.23 bits per heavy atom. The molecule has 0 saturated heterocycles. The summed E-state index contributed by atoms with van der Waals surface area (Å²) in [5.41, 5.74) is 0.667. The van der Waals surface area contributed by atoms with Crippen molar-refractivity contribution < 1.29 is 14.3 Å². The number of esters is 1. The summed E-state index contributed by atoms with van der Waals surface area (Å²) in [6.45, 7) is 8.33. The highest BCUT2D eigenvalue weighted by Gasteiger charge is 2.60. The van der Waals surface area contributed by atoms with Crippen molar-refractivity contribution in [3.8, 4) is 0 Å². The van der Waals surface area contributed by atoms with Crippen LogP contribution in [0.15, 0.2) is 0 Å². The Hall–Kier alpha value is -0.860. The van der Waals surface area contributed by atoms with Crippen LogP contribution in [0.3, 0.4) is 0 Å². The van der Waals surface area contributed by atoms with Gasteiger partial charge >= 0.3 is 5.97 Å². The molecule has 0 N–H and O–H groups in total. The molecule has 4 rings (SSSR count).